The summed E-state index contributed by atoms with van der Waals surface area (Å²) < 4.78 is 0. The fourth-order valence-electron chi connectivity index (χ4n) is 1.63. The number of para-hydroxylation sites is 1. The summed E-state index contributed by atoms with van der Waals surface area (Å²) in [5.74, 6) is 5.12. The van der Waals surface area contributed by atoms with Crippen LogP contribution in [-0.4, -0.2) is 17.6 Å². The van der Waals surface area contributed by atoms with E-state index in [0.29, 0.717) is 21.8 Å². The first-order valence-corrected chi connectivity index (χ1v) is 6.34. The van der Waals surface area contributed by atoms with Gasteiger partial charge >= 0.3 is 0 Å². The van der Waals surface area contributed by atoms with E-state index in [1.165, 1.54) is 0 Å². The van der Waals surface area contributed by atoms with Crippen LogP contribution in [0.15, 0.2) is 48.5 Å². The summed E-state index contributed by atoms with van der Waals surface area (Å²) >= 11 is 5.79. The van der Waals surface area contributed by atoms with Gasteiger partial charge in [0.15, 0.2) is 0 Å². The zero-order chi connectivity index (χ0) is 14.4. The molecule has 100 valence electrons. The topological polar surface area (TPSA) is 49.3 Å². The van der Waals surface area contributed by atoms with Crippen LogP contribution in [0.2, 0.25) is 5.02 Å². The second-order valence-electron chi connectivity index (χ2n) is 3.97. The molecular weight excluding hydrogens is 274 g/mol. The Labute approximate surface area is 122 Å². The Hall–Kier alpha value is -2.28. The van der Waals surface area contributed by atoms with Gasteiger partial charge < -0.3 is 10.4 Å². The van der Waals surface area contributed by atoms with Gasteiger partial charge in [-0.2, -0.15) is 0 Å². The number of halogens is 1. The zero-order valence-corrected chi connectivity index (χ0v) is 11.3. The Bertz CT molecular complexity index is 669. The third-order valence-electron chi connectivity index (χ3n) is 2.58. The van der Waals surface area contributed by atoms with E-state index in [0.717, 1.165) is 0 Å². The molecule has 0 aliphatic rings. The SMILES string of the molecule is O=C(Nc1ccccc1C#CCO)c1ccc(Cl)cc1. The molecular formula is C16H12ClNO2. The Morgan fingerprint density at radius 3 is 2.55 bits per heavy atom. The van der Waals surface area contributed by atoms with Gasteiger partial charge in [-0.25, -0.2) is 0 Å². The highest BCUT2D eigenvalue weighted by Gasteiger charge is 2.07. The van der Waals surface area contributed by atoms with Crippen LogP contribution < -0.4 is 5.32 Å². The molecule has 0 aliphatic carbocycles. The third kappa shape index (κ3) is 3.61. The van der Waals surface area contributed by atoms with Gasteiger partial charge in [-0.3, -0.25) is 4.79 Å². The molecule has 1 amide bonds. The van der Waals surface area contributed by atoms with Gasteiger partial charge in [0.1, 0.15) is 6.61 Å². The van der Waals surface area contributed by atoms with Crippen molar-refractivity contribution in [2.24, 2.45) is 0 Å². The lowest BCUT2D eigenvalue weighted by molar-refractivity contribution is 0.102. The second kappa shape index (κ2) is 6.76. The lowest BCUT2D eigenvalue weighted by Crippen LogP contribution is -2.12. The molecule has 0 aliphatic heterocycles. The Morgan fingerprint density at radius 1 is 1.15 bits per heavy atom. The van der Waals surface area contributed by atoms with Crippen LogP contribution in [-0.2, 0) is 0 Å². The molecule has 2 rings (SSSR count). The minimum Gasteiger partial charge on any atom is -0.384 e. The fraction of sp³-hybridized carbons (Fsp3) is 0.0625. The predicted octanol–water partition coefficient (Wildman–Crippen LogP) is 2.94. The van der Waals surface area contributed by atoms with Crippen molar-refractivity contribution < 1.29 is 9.90 Å². The number of nitrogens with one attached hydrogen (secondary N) is 1. The molecule has 3 nitrogen and oxygen atoms in total. The van der Waals surface area contributed by atoms with Gasteiger partial charge in [-0.05, 0) is 36.4 Å². The van der Waals surface area contributed by atoms with Crippen molar-refractivity contribution in [2.75, 3.05) is 11.9 Å². The van der Waals surface area contributed by atoms with Crippen molar-refractivity contribution in [3.63, 3.8) is 0 Å². The van der Waals surface area contributed by atoms with Crippen LogP contribution in [0, 0.1) is 11.8 Å². The first-order valence-electron chi connectivity index (χ1n) is 5.96. The number of aliphatic hydroxyl groups is 1. The van der Waals surface area contributed by atoms with E-state index in [1.807, 2.05) is 12.1 Å². The summed E-state index contributed by atoms with van der Waals surface area (Å²) in [6.45, 7) is -0.223. The molecule has 2 aromatic rings. The highest BCUT2D eigenvalue weighted by molar-refractivity contribution is 6.30. The third-order valence-corrected chi connectivity index (χ3v) is 2.84. The molecule has 0 aromatic heterocycles. The van der Waals surface area contributed by atoms with E-state index >= 15 is 0 Å². The zero-order valence-electron chi connectivity index (χ0n) is 10.6. The van der Waals surface area contributed by atoms with Crippen LogP contribution in [0.3, 0.4) is 0 Å². The van der Waals surface area contributed by atoms with Crippen LogP contribution >= 0.6 is 11.6 Å². The molecule has 20 heavy (non-hydrogen) atoms. The standard InChI is InChI=1S/C16H12ClNO2/c17-14-9-7-13(8-10-14)16(20)18-15-6-2-1-4-12(15)5-3-11-19/h1-2,4,6-10,19H,11H2,(H,18,20). The molecule has 0 saturated carbocycles. The molecule has 0 saturated heterocycles. The smallest absolute Gasteiger partial charge is 0.255 e. The molecule has 0 spiro atoms. The van der Waals surface area contributed by atoms with E-state index in [-0.39, 0.29) is 12.5 Å². The first kappa shape index (κ1) is 14.1. The summed E-state index contributed by atoms with van der Waals surface area (Å²) in [7, 11) is 0. The maximum atomic E-state index is 12.1. The molecule has 0 atom stereocenters. The number of benzene rings is 2. The van der Waals surface area contributed by atoms with Gasteiger partial charge in [-0.1, -0.05) is 35.6 Å². The lowest BCUT2D eigenvalue weighted by atomic mass is 10.1. The minimum atomic E-state index is -0.236. The predicted molar refractivity (Wildman–Crippen MR) is 79.8 cm³/mol. The van der Waals surface area contributed by atoms with Gasteiger partial charge in [0, 0.05) is 16.1 Å². The van der Waals surface area contributed by atoms with Gasteiger partial charge in [0.05, 0.1) is 5.69 Å². The number of rotatable bonds is 2. The highest BCUT2D eigenvalue weighted by Crippen LogP contribution is 2.16. The normalized spacial score (nSPS) is 9.50. The van der Waals surface area contributed by atoms with Crippen LogP contribution in [0.4, 0.5) is 5.69 Å². The number of hydrogen-bond donors (Lipinski definition) is 2. The average Bonchev–Trinajstić information content (AvgIpc) is 2.47. The number of aliphatic hydroxyl groups excluding tert-OH is 1. The summed E-state index contributed by atoms with van der Waals surface area (Å²) in [5, 5.41) is 12.1. The van der Waals surface area contributed by atoms with Gasteiger partial charge in [0.25, 0.3) is 5.91 Å². The lowest BCUT2D eigenvalue weighted by Gasteiger charge is -2.07. The summed E-state index contributed by atoms with van der Waals surface area (Å²) in [6.07, 6.45) is 0. The van der Waals surface area contributed by atoms with E-state index < -0.39 is 0 Å². The Morgan fingerprint density at radius 2 is 1.85 bits per heavy atom. The molecule has 2 aromatic carbocycles. The van der Waals surface area contributed by atoms with Crippen molar-refractivity contribution in [3.05, 3.63) is 64.7 Å². The van der Waals surface area contributed by atoms with Gasteiger partial charge in [0.2, 0.25) is 0 Å². The van der Waals surface area contributed by atoms with Crippen molar-refractivity contribution in [1.82, 2.24) is 0 Å². The molecule has 4 heteroatoms. The summed E-state index contributed by atoms with van der Waals surface area (Å²) in [4.78, 5) is 12.1. The maximum absolute atomic E-state index is 12.1. The molecule has 0 fully saturated rings. The van der Waals surface area contributed by atoms with E-state index in [4.69, 9.17) is 16.7 Å². The van der Waals surface area contributed by atoms with E-state index in [9.17, 15) is 4.79 Å². The molecule has 0 unspecified atom stereocenters. The number of carbonyl (C=O) groups is 1. The van der Waals surface area contributed by atoms with E-state index in [1.54, 1.807) is 36.4 Å². The Kier molecular flexibility index (Phi) is 4.78. The number of amides is 1. The highest BCUT2D eigenvalue weighted by atomic mass is 35.5. The van der Waals surface area contributed by atoms with Crippen molar-refractivity contribution in [1.29, 1.82) is 0 Å². The average molecular weight is 286 g/mol. The molecule has 0 radical (unpaired) electrons. The van der Waals surface area contributed by atoms with Crippen molar-refractivity contribution >= 4 is 23.2 Å². The van der Waals surface area contributed by atoms with Crippen LogP contribution in [0.25, 0.3) is 0 Å². The number of hydrogen-bond acceptors (Lipinski definition) is 2. The number of carbonyl (C=O) groups excluding carboxylic acids is 1. The molecule has 2 N–H and O–H groups in total. The van der Waals surface area contributed by atoms with Crippen molar-refractivity contribution in [2.45, 2.75) is 0 Å². The minimum absolute atomic E-state index is 0.223. The summed E-state index contributed by atoms with van der Waals surface area (Å²) in [6, 6.07) is 13.8. The Balaban J connectivity index is 2.21. The van der Waals surface area contributed by atoms with Gasteiger partial charge in [-0.15, -0.1) is 0 Å². The maximum Gasteiger partial charge on any atom is 0.255 e. The summed E-state index contributed by atoms with van der Waals surface area (Å²) in [5.41, 5.74) is 1.77. The largest absolute Gasteiger partial charge is 0.384 e. The quantitative estimate of drug-likeness (QED) is 0.834. The fourth-order valence-corrected chi connectivity index (χ4v) is 1.76. The van der Waals surface area contributed by atoms with Crippen LogP contribution in [0.1, 0.15) is 15.9 Å². The van der Waals surface area contributed by atoms with E-state index in [2.05, 4.69) is 17.2 Å². The first-order chi connectivity index (χ1) is 9.70. The molecule has 0 heterocycles. The number of anilines is 1. The monoisotopic (exact) mass is 285 g/mol. The van der Waals surface area contributed by atoms with Crippen LogP contribution in [0.5, 0.6) is 0 Å². The molecule has 0 bridgehead atoms. The van der Waals surface area contributed by atoms with Crippen molar-refractivity contribution in [3.8, 4) is 11.8 Å². The second-order valence-corrected chi connectivity index (χ2v) is 4.40.